The summed E-state index contributed by atoms with van der Waals surface area (Å²) < 4.78 is 5.15. The van der Waals surface area contributed by atoms with Crippen LogP contribution in [0.5, 0.6) is 0 Å². The highest BCUT2D eigenvalue weighted by Crippen LogP contribution is 2.33. The van der Waals surface area contributed by atoms with E-state index in [-0.39, 0.29) is 69.1 Å². The quantitative estimate of drug-likeness (QED) is 0.0365. The van der Waals surface area contributed by atoms with Crippen molar-refractivity contribution in [3.8, 4) is 0 Å². The third-order valence-corrected chi connectivity index (χ3v) is 12.8. The minimum atomic E-state index is -1.04. The number of primary amides is 1. The molecule has 2 aliphatic heterocycles. The van der Waals surface area contributed by atoms with Gasteiger partial charge in [-0.25, -0.2) is 4.79 Å². The van der Waals surface area contributed by atoms with E-state index in [1.807, 2.05) is 49.0 Å². The number of nitrogens with one attached hydrogen (secondary N) is 4. The Bertz CT molecular complexity index is 1690. The molecule has 358 valence electrons. The topological polar surface area (TPSA) is 279 Å². The number of nitrogens with two attached hydrogens (primary N) is 2. The number of nitrogens with zero attached hydrogens (tertiary/aromatic N) is 4. The fourth-order valence-electron chi connectivity index (χ4n) is 7.61. The molecule has 1 aromatic carbocycles. The van der Waals surface area contributed by atoms with Gasteiger partial charge < -0.3 is 62.2 Å². The Balaban J connectivity index is 1.50. The number of ether oxygens (including phenoxy) is 1. The van der Waals surface area contributed by atoms with Gasteiger partial charge in [0.25, 0.3) is 0 Å². The fraction of sp³-hybridized carbons (Fsp3) is 0.674. The van der Waals surface area contributed by atoms with Crippen molar-refractivity contribution in [3.05, 3.63) is 35.9 Å². The summed E-state index contributed by atoms with van der Waals surface area (Å²) in [6.45, 7) is 1.60. The molecule has 64 heavy (non-hydrogen) atoms. The molecule has 9 N–H and O–H groups in total. The first-order chi connectivity index (χ1) is 30.7. The molecule has 2 fully saturated rings. The molecule has 1 unspecified atom stereocenters. The molecule has 2 heterocycles. The van der Waals surface area contributed by atoms with Crippen LogP contribution in [0, 0.1) is 0 Å². The van der Waals surface area contributed by atoms with Crippen molar-refractivity contribution >= 4 is 59.1 Å². The van der Waals surface area contributed by atoms with E-state index in [4.69, 9.17) is 16.2 Å². The zero-order chi connectivity index (χ0) is 47.0. The second-order valence-corrected chi connectivity index (χ2v) is 17.4. The zero-order valence-corrected chi connectivity index (χ0v) is 38.4. The zero-order valence-electron chi connectivity index (χ0n) is 37.6. The van der Waals surface area contributed by atoms with E-state index >= 15 is 0 Å². The van der Waals surface area contributed by atoms with Crippen molar-refractivity contribution in [1.82, 2.24) is 40.9 Å². The molecule has 0 aromatic heterocycles. The monoisotopic (exact) mass is 918 g/mol. The van der Waals surface area contributed by atoms with E-state index in [1.165, 1.54) is 23.8 Å². The van der Waals surface area contributed by atoms with Gasteiger partial charge in [-0.05, 0) is 64.0 Å². The smallest absolute Gasteiger partial charge is 0.315 e. The molecule has 0 spiro atoms. The maximum absolute atomic E-state index is 13.8. The molecule has 0 bridgehead atoms. The Hall–Kier alpha value is -4.99. The molecule has 9 amide bonds. The summed E-state index contributed by atoms with van der Waals surface area (Å²) in [5.41, 5.74) is 12.1. The number of carbonyl (C=O) groups excluding carboxylic acids is 8. The van der Waals surface area contributed by atoms with Crippen molar-refractivity contribution in [2.45, 2.75) is 101 Å². The van der Waals surface area contributed by atoms with Gasteiger partial charge in [0.05, 0.1) is 51.0 Å². The molecular formula is C43H70N10O10S. The van der Waals surface area contributed by atoms with Crippen molar-refractivity contribution in [1.29, 1.82) is 0 Å². The highest BCUT2D eigenvalue weighted by molar-refractivity contribution is 8.00. The summed E-state index contributed by atoms with van der Waals surface area (Å²) in [6, 6.07) is 7.94. The molecular weight excluding hydrogens is 849 g/mol. The lowest BCUT2D eigenvalue weighted by molar-refractivity contribution is -0.147. The number of benzene rings is 1. The Morgan fingerprint density at radius 3 is 2.17 bits per heavy atom. The Morgan fingerprint density at radius 2 is 1.53 bits per heavy atom. The van der Waals surface area contributed by atoms with E-state index in [0.29, 0.717) is 50.4 Å². The lowest BCUT2D eigenvalue weighted by Gasteiger charge is -2.32. The second kappa shape index (κ2) is 28.7. The number of thioether (sulfide) groups is 1. The maximum atomic E-state index is 13.8. The minimum absolute atomic E-state index is 0.0365. The van der Waals surface area contributed by atoms with Gasteiger partial charge in [-0.3, -0.25) is 33.6 Å². The van der Waals surface area contributed by atoms with Crippen LogP contribution in [0.2, 0.25) is 0 Å². The Labute approximate surface area is 380 Å². The van der Waals surface area contributed by atoms with E-state index in [0.717, 1.165) is 40.4 Å². The summed E-state index contributed by atoms with van der Waals surface area (Å²) >= 11 is 1.84. The predicted octanol–water partition coefficient (Wildman–Crippen LogP) is -0.558. The number of rotatable bonds is 31. The third-order valence-electron chi connectivity index (χ3n) is 11.3. The first kappa shape index (κ1) is 53.3. The first-order valence-corrected chi connectivity index (χ1v) is 23.2. The van der Waals surface area contributed by atoms with Crippen molar-refractivity contribution < 1.29 is 48.2 Å². The number of hydrogen-bond donors (Lipinski definition) is 7. The number of aliphatic hydroxyl groups is 1. The van der Waals surface area contributed by atoms with Crippen LogP contribution in [0.15, 0.2) is 30.3 Å². The molecule has 20 nitrogen and oxygen atoms in total. The van der Waals surface area contributed by atoms with Crippen LogP contribution in [-0.2, 0) is 38.3 Å². The molecule has 3 rings (SSSR count). The van der Waals surface area contributed by atoms with Crippen LogP contribution in [0.4, 0.5) is 4.79 Å². The highest BCUT2D eigenvalue weighted by Gasteiger charge is 2.42. The van der Waals surface area contributed by atoms with E-state index in [9.17, 15) is 43.5 Å². The van der Waals surface area contributed by atoms with Gasteiger partial charge in [-0.15, -0.1) is 0 Å². The molecule has 5 atom stereocenters. The molecule has 21 heteroatoms. The Kier molecular flexibility index (Phi) is 23.9. The summed E-state index contributed by atoms with van der Waals surface area (Å²) in [6.07, 6.45) is 5.14. The van der Waals surface area contributed by atoms with E-state index in [1.54, 1.807) is 0 Å². The molecule has 2 aliphatic rings. The van der Waals surface area contributed by atoms with E-state index < -0.39 is 67.9 Å². The number of carbonyl (C=O) groups is 8. The van der Waals surface area contributed by atoms with Gasteiger partial charge in [0.15, 0.2) is 0 Å². The molecule has 0 aliphatic carbocycles. The number of hydrogen-bond acceptors (Lipinski definition) is 12. The average molecular weight is 919 g/mol. The minimum Gasteiger partial charge on any atom is -0.395 e. The summed E-state index contributed by atoms with van der Waals surface area (Å²) in [5.74, 6) is -2.72. The standard InChI is InChI=1S/C43H70N10O10S/c1-30(32-13-5-4-6-14-32)53(31(2)55)28-40(60)50(20-12-10-18-44)26-38(58)51(21-23-54)27-39(59)52(22-24-63-3)25-37(57)47-33(42(45)61)15-9-11-19-46-36(56)17-8-7-16-35-41-34(29-64-35)48-43(62)49-41/h4-6,13-14,30,33-35,41,54H,7-12,15-29,44H2,1-3H3,(H2,45,61)(H,46,56)(H,47,57)(H2,48,49,62)/t30-,33-,34-,35?,41-/m0/s1. The van der Waals surface area contributed by atoms with E-state index in [2.05, 4.69) is 21.3 Å². The number of urea groups is 1. The van der Waals surface area contributed by atoms with Gasteiger partial charge in [0.1, 0.15) is 12.6 Å². The average Bonchev–Trinajstić information content (AvgIpc) is 3.83. The number of methoxy groups -OCH3 is 1. The maximum Gasteiger partial charge on any atom is 0.315 e. The normalized spacial score (nSPS) is 17.3. The highest BCUT2D eigenvalue weighted by atomic mass is 32.2. The summed E-state index contributed by atoms with van der Waals surface area (Å²) in [4.78, 5) is 108. The third kappa shape index (κ3) is 18.2. The molecule has 0 radical (unpaired) electrons. The number of fused-ring (bicyclic) bond motifs is 1. The molecule has 0 saturated carbocycles. The number of aliphatic hydroxyl groups excluding tert-OH is 1. The van der Waals surface area contributed by atoms with Crippen LogP contribution in [0.1, 0.15) is 83.2 Å². The van der Waals surface area contributed by atoms with Gasteiger partial charge in [0, 0.05) is 57.6 Å². The van der Waals surface area contributed by atoms with Gasteiger partial charge in [0.2, 0.25) is 41.4 Å². The SMILES string of the molecule is COCCN(CC(=O)N[C@@H](CCCCNC(=O)CCCCC1SC[C@@H]2NC(=O)N[C@H]12)C(N)=O)C(=O)CN(CCO)C(=O)CN(CCCCN)C(=O)CN(C(C)=O)[C@@H](C)c1ccccc1. The first-order valence-electron chi connectivity index (χ1n) is 22.2. The van der Waals surface area contributed by atoms with Crippen molar-refractivity contribution in [3.63, 3.8) is 0 Å². The van der Waals surface area contributed by atoms with Gasteiger partial charge in [-0.2, -0.15) is 11.8 Å². The van der Waals surface area contributed by atoms with Gasteiger partial charge >= 0.3 is 6.03 Å². The van der Waals surface area contributed by atoms with Gasteiger partial charge in [-0.1, -0.05) is 36.8 Å². The number of amides is 9. The van der Waals surface area contributed by atoms with Crippen molar-refractivity contribution in [2.75, 3.05) is 85.0 Å². The van der Waals surface area contributed by atoms with Crippen LogP contribution < -0.4 is 32.7 Å². The lowest BCUT2D eigenvalue weighted by Crippen LogP contribution is -2.53. The van der Waals surface area contributed by atoms with Crippen LogP contribution in [0.3, 0.4) is 0 Å². The molecule has 1 aromatic rings. The predicted molar refractivity (Wildman–Crippen MR) is 241 cm³/mol. The van der Waals surface area contributed by atoms with Crippen molar-refractivity contribution in [2.24, 2.45) is 11.5 Å². The van der Waals surface area contributed by atoms with Crippen LogP contribution in [0.25, 0.3) is 0 Å². The molecule has 2 saturated heterocycles. The lowest BCUT2D eigenvalue weighted by atomic mass is 10.0. The summed E-state index contributed by atoms with van der Waals surface area (Å²) in [7, 11) is 1.42. The van der Waals surface area contributed by atoms with Crippen LogP contribution in [-0.4, -0.2) is 180 Å². The largest absolute Gasteiger partial charge is 0.395 e. The Morgan fingerprint density at radius 1 is 0.859 bits per heavy atom. The van der Waals surface area contributed by atoms with Crippen LogP contribution >= 0.6 is 11.8 Å². The second-order valence-electron chi connectivity index (χ2n) is 16.1. The number of unbranched alkanes of at least 4 members (excludes halogenated alkanes) is 3. The fourth-order valence-corrected chi connectivity index (χ4v) is 9.16. The summed E-state index contributed by atoms with van der Waals surface area (Å²) in [5, 5.41) is 21.6.